The van der Waals surface area contributed by atoms with Crippen molar-refractivity contribution in [3.05, 3.63) is 66.6 Å². The molecule has 0 aliphatic heterocycles. The van der Waals surface area contributed by atoms with Gasteiger partial charge in [0.15, 0.2) is 23.3 Å². The number of nitrogens with zero attached hydrogens (tertiary/aromatic N) is 7. The molecular formula is C20H17N7. The van der Waals surface area contributed by atoms with Crippen LogP contribution in [0.5, 0.6) is 0 Å². The highest BCUT2D eigenvalue weighted by molar-refractivity contribution is 5.62. The second-order valence-corrected chi connectivity index (χ2v) is 6.60. The molecule has 1 aliphatic rings. The minimum Gasteiger partial charge on any atom is -0.264 e. The van der Waals surface area contributed by atoms with E-state index in [4.69, 9.17) is 10.1 Å². The summed E-state index contributed by atoms with van der Waals surface area (Å²) in [6.07, 6.45) is 9.34. The Bertz CT molecular complexity index is 1090. The maximum Gasteiger partial charge on any atom is 0.168 e. The molecule has 0 radical (unpaired) electrons. The van der Waals surface area contributed by atoms with Crippen molar-refractivity contribution in [3.63, 3.8) is 0 Å². The zero-order valence-corrected chi connectivity index (χ0v) is 14.8. The zero-order valence-electron chi connectivity index (χ0n) is 14.8. The predicted octanol–water partition coefficient (Wildman–Crippen LogP) is 3.37. The van der Waals surface area contributed by atoms with Crippen LogP contribution in [0.4, 0.5) is 0 Å². The van der Waals surface area contributed by atoms with Gasteiger partial charge in [0.1, 0.15) is 0 Å². The van der Waals surface area contributed by atoms with Crippen molar-refractivity contribution in [2.45, 2.75) is 25.7 Å². The van der Waals surface area contributed by atoms with E-state index >= 15 is 0 Å². The zero-order chi connectivity index (χ0) is 18.2. The van der Waals surface area contributed by atoms with Crippen molar-refractivity contribution < 1.29 is 0 Å². The Labute approximate surface area is 156 Å². The molecule has 132 valence electrons. The minimum absolute atomic E-state index is 0.449. The van der Waals surface area contributed by atoms with Crippen LogP contribution in [0.1, 0.15) is 30.3 Å². The van der Waals surface area contributed by atoms with Crippen LogP contribution in [0.25, 0.3) is 28.6 Å². The summed E-state index contributed by atoms with van der Waals surface area (Å²) in [6, 6.07) is 9.58. The lowest BCUT2D eigenvalue weighted by Gasteiger charge is -2.08. The van der Waals surface area contributed by atoms with Crippen molar-refractivity contribution in [1.82, 2.24) is 34.7 Å². The topological polar surface area (TPSA) is 82.3 Å². The first-order valence-corrected chi connectivity index (χ1v) is 8.92. The molecule has 5 rings (SSSR count). The van der Waals surface area contributed by atoms with Crippen molar-refractivity contribution >= 4 is 0 Å². The Hall–Kier alpha value is -3.48. The normalized spacial score (nSPS) is 13.7. The van der Waals surface area contributed by atoms with Crippen molar-refractivity contribution in [1.29, 1.82) is 0 Å². The SMILES string of the molecule is Cc1nc(-c2cccnc2)ncc1-c1nc(C2CC2)nn1-c1ccccn1. The average Bonchev–Trinajstić information content (AvgIpc) is 3.48. The molecule has 1 saturated carbocycles. The Morgan fingerprint density at radius 3 is 2.59 bits per heavy atom. The highest BCUT2D eigenvalue weighted by Crippen LogP contribution is 2.39. The summed E-state index contributed by atoms with van der Waals surface area (Å²) < 4.78 is 1.79. The molecule has 0 saturated heterocycles. The standard InChI is InChI=1S/C20H17N7/c1-13-16(12-23-18(24-13)15-5-4-9-21-11-15)20-25-19(14-7-8-14)26-27(20)17-6-2-3-10-22-17/h2-6,9-12,14H,7-8H2,1H3. The van der Waals surface area contributed by atoms with Gasteiger partial charge >= 0.3 is 0 Å². The summed E-state index contributed by atoms with van der Waals surface area (Å²) in [5.74, 6) is 3.43. The lowest BCUT2D eigenvalue weighted by atomic mass is 10.2. The monoisotopic (exact) mass is 355 g/mol. The number of rotatable bonds is 4. The van der Waals surface area contributed by atoms with Gasteiger partial charge in [0.2, 0.25) is 0 Å². The van der Waals surface area contributed by atoms with Gasteiger partial charge in [-0.3, -0.25) is 4.98 Å². The largest absolute Gasteiger partial charge is 0.264 e. The molecule has 0 spiro atoms. The van der Waals surface area contributed by atoms with E-state index in [9.17, 15) is 0 Å². The van der Waals surface area contributed by atoms with E-state index in [1.54, 1.807) is 23.3 Å². The number of pyridine rings is 2. The van der Waals surface area contributed by atoms with Gasteiger partial charge in [-0.2, -0.15) is 4.68 Å². The van der Waals surface area contributed by atoms with E-state index in [-0.39, 0.29) is 0 Å². The maximum absolute atomic E-state index is 4.80. The smallest absolute Gasteiger partial charge is 0.168 e. The van der Waals surface area contributed by atoms with Gasteiger partial charge in [0, 0.05) is 36.3 Å². The molecule has 0 atom stereocenters. The fourth-order valence-corrected chi connectivity index (χ4v) is 2.98. The molecular weight excluding hydrogens is 338 g/mol. The summed E-state index contributed by atoms with van der Waals surface area (Å²) in [7, 11) is 0. The summed E-state index contributed by atoms with van der Waals surface area (Å²) in [4.78, 5) is 22.6. The Balaban J connectivity index is 1.62. The van der Waals surface area contributed by atoms with Gasteiger partial charge < -0.3 is 0 Å². The molecule has 0 bridgehead atoms. The Morgan fingerprint density at radius 2 is 1.89 bits per heavy atom. The van der Waals surface area contributed by atoms with Crippen LogP contribution < -0.4 is 0 Å². The molecule has 4 aromatic rings. The number of hydrogen-bond acceptors (Lipinski definition) is 6. The molecule has 0 amide bonds. The van der Waals surface area contributed by atoms with Crippen LogP contribution in [0.15, 0.2) is 55.1 Å². The average molecular weight is 355 g/mol. The van der Waals surface area contributed by atoms with E-state index in [1.165, 1.54) is 0 Å². The lowest BCUT2D eigenvalue weighted by molar-refractivity contribution is 0.815. The van der Waals surface area contributed by atoms with Gasteiger partial charge in [-0.15, -0.1) is 5.10 Å². The van der Waals surface area contributed by atoms with E-state index in [1.807, 2.05) is 43.5 Å². The molecule has 27 heavy (non-hydrogen) atoms. The second-order valence-electron chi connectivity index (χ2n) is 6.60. The third-order valence-electron chi connectivity index (χ3n) is 4.57. The van der Waals surface area contributed by atoms with Crippen molar-refractivity contribution in [3.8, 4) is 28.6 Å². The highest BCUT2D eigenvalue weighted by Gasteiger charge is 2.30. The summed E-state index contributed by atoms with van der Waals surface area (Å²) in [6.45, 7) is 1.96. The molecule has 7 heteroatoms. The number of aryl methyl sites for hydroxylation is 1. The highest BCUT2D eigenvalue weighted by atomic mass is 15.4. The van der Waals surface area contributed by atoms with Gasteiger partial charge in [-0.1, -0.05) is 6.07 Å². The third kappa shape index (κ3) is 2.97. The van der Waals surface area contributed by atoms with E-state index < -0.39 is 0 Å². The second kappa shape index (κ2) is 6.35. The van der Waals surface area contributed by atoms with Crippen molar-refractivity contribution in [2.24, 2.45) is 0 Å². The van der Waals surface area contributed by atoms with Gasteiger partial charge in [0.25, 0.3) is 0 Å². The van der Waals surface area contributed by atoms with Crippen LogP contribution >= 0.6 is 0 Å². The molecule has 4 heterocycles. The molecule has 1 aliphatic carbocycles. The minimum atomic E-state index is 0.449. The summed E-state index contributed by atoms with van der Waals surface area (Å²) in [5.41, 5.74) is 2.58. The van der Waals surface area contributed by atoms with E-state index in [2.05, 4.69) is 19.9 Å². The first-order valence-electron chi connectivity index (χ1n) is 8.92. The molecule has 7 nitrogen and oxygen atoms in total. The van der Waals surface area contributed by atoms with Crippen LogP contribution in [0.3, 0.4) is 0 Å². The van der Waals surface area contributed by atoms with Crippen LogP contribution in [-0.4, -0.2) is 34.7 Å². The molecule has 0 unspecified atom stereocenters. The van der Waals surface area contributed by atoms with Crippen LogP contribution in [0.2, 0.25) is 0 Å². The van der Waals surface area contributed by atoms with E-state index in [0.717, 1.165) is 47.1 Å². The van der Waals surface area contributed by atoms with Gasteiger partial charge in [-0.25, -0.2) is 19.9 Å². The first kappa shape index (κ1) is 15.7. The Morgan fingerprint density at radius 1 is 0.963 bits per heavy atom. The first-order chi connectivity index (χ1) is 13.3. The van der Waals surface area contributed by atoms with Crippen LogP contribution in [0, 0.1) is 6.92 Å². The quantitative estimate of drug-likeness (QED) is 0.558. The lowest BCUT2D eigenvalue weighted by Crippen LogP contribution is -2.04. The van der Waals surface area contributed by atoms with Gasteiger partial charge in [0.05, 0.1) is 11.3 Å². The summed E-state index contributed by atoms with van der Waals surface area (Å²) >= 11 is 0. The van der Waals surface area contributed by atoms with Crippen LogP contribution in [-0.2, 0) is 0 Å². The van der Waals surface area contributed by atoms with Gasteiger partial charge in [-0.05, 0) is 44.0 Å². The number of hydrogen-bond donors (Lipinski definition) is 0. The molecule has 0 aromatic carbocycles. The maximum atomic E-state index is 4.80. The fraction of sp³-hybridized carbons (Fsp3) is 0.200. The summed E-state index contributed by atoms with van der Waals surface area (Å²) in [5, 5.41) is 4.72. The molecule has 1 fully saturated rings. The number of aromatic nitrogens is 7. The Kier molecular flexibility index (Phi) is 3.71. The van der Waals surface area contributed by atoms with Crippen molar-refractivity contribution in [2.75, 3.05) is 0 Å². The molecule has 0 N–H and O–H groups in total. The van der Waals surface area contributed by atoms with E-state index in [0.29, 0.717) is 11.7 Å². The predicted molar refractivity (Wildman–Crippen MR) is 100 cm³/mol. The third-order valence-corrected chi connectivity index (χ3v) is 4.57. The fourth-order valence-electron chi connectivity index (χ4n) is 2.98. The molecule has 4 aromatic heterocycles.